The molecule has 2 heterocycles. The third-order valence-electron chi connectivity index (χ3n) is 2.76. The minimum atomic E-state index is 0.612. The first-order chi connectivity index (χ1) is 7.74. The van der Waals surface area contributed by atoms with Crippen LogP contribution in [0, 0.1) is 6.92 Å². The summed E-state index contributed by atoms with van der Waals surface area (Å²) >= 11 is 1.47. The first kappa shape index (κ1) is 9.77. The summed E-state index contributed by atoms with van der Waals surface area (Å²) in [5.74, 6) is 2.01. The van der Waals surface area contributed by atoms with Crippen LogP contribution in [0.25, 0.3) is 0 Å². The summed E-state index contributed by atoms with van der Waals surface area (Å²) in [6, 6.07) is 0.612. The molecule has 1 fully saturated rings. The second-order valence-electron chi connectivity index (χ2n) is 4.12. The summed E-state index contributed by atoms with van der Waals surface area (Å²) < 4.78 is 2.23. The molecule has 1 saturated carbocycles. The number of aryl methyl sites for hydroxylation is 1. The van der Waals surface area contributed by atoms with E-state index in [1.165, 1.54) is 24.2 Å². The van der Waals surface area contributed by atoms with Gasteiger partial charge in [-0.1, -0.05) is 0 Å². The average Bonchev–Trinajstić information content (AvgIpc) is 2.91. The molecular weight excluding hydrogens is 222 g/mol. The third kappa shape index (κ3) is 1.69. The van der Waals surface area contributed by atoms with Crippen molar-refractivity contribution in [3.63, 3.8) is 0 Å². The van der Waals surface area contributed by atoms with Crippen molar-refractivity contribution in [1.29, 1.82) is 0 Å². The zero-order valence-electron chi connectivity index (χ0n) is 9.05. The second-order valence-corrected chi connectivity index (χ2v) is 5.01. The molecule has 0 spiro atoms. The quantitative estimate of drug-likeness (QED) is 0.876. The molecule has 0 bridgehead atoms. The van der Waals surface area contributed by atoms with Crippen LogP contribution in [0.2, 0.25) is 0 Å². The van der Waals surface area contributed by atoms with Gasteiger partial charge in [-0.05, 0) is 19.8 Å². The predicted octanol–water partition coefficient (Wildman–Crippen LogP) is 1.55. The van der Waals surface area contributed by atoms with Gasteiger partial charge in [0.15, 0.2) is 5.13 Å². The Morgan fingerprint density at radius 1 is 1.50 bits per heavy atom. The normalized spacial score (nSPS) is 15.6. The highest BCUT2D eigenvalue weighted by atomic mass is 32.1. The number of hydrogen-bond acceptors (Lipinski definition) is 5. The number of nitrogens with two attached hydrogens (primary N) is 1. The standard InChI is InChI=1S/C10H13N5S/c1-6-13-14-9(15(6)8-2-3-8)4-7-5-16-10(11)12-7/h5,8H,2-4H2,1H3,(H2,11,12). The van der Waals surface area contributed by atoms with E-state index in [2.05, 4.69) is 19.7 Å². The van der Waals surface area contributed by atoms with Gasteiger partial charge in [0.2, 0.25) is 0 Å². The number of hydrogen-bond donors (Lipinski definition) is 1. The SMILES string of the molecule is Cc1nnc(Cc2csc(N)n2)n1C1CC1. The van der Waals surface area contributed by atoms with Crippen LogP contribution < -0.4 is 5.73 Å². The van der Waals surface area contributed by atoms with Crippen molar-refractivity contribution in [2.24, 2.45) is 0 Å². The molecule has 2 aromatic rings. The van der Waals surface area contributed by atoms with Crippen LogP contribution in [0.3, 0.4) is 0 Å². The first-order valence-corrected chi connectivity index (χ1v) is 6.22. The van der Waals surface area contributed by atoms with Crippen molar-refractivity contribution < 1.29 is 0 Å². The Morgan fingerprint density at radius 3 is 2.94 bits per heavy atom. The predicted molar refractivity (Wildman–Crippen MR) is 62.4 cm³/mol. The Kier molecular flexibility index (Phi) is 2.17. The van der Waals surface area contributed by atoms with E-state index in [4.69, 9.17) is 5.73 Å². The van der Waals surface area contributed by atoms with Crippen LogP contribution in [0.15, 0.2) is 5.38 Å². The Labute approximate surface area is 97.3 Å². The fourth-order valence-corrected chi connectivity index (χ4v) is 2.47. The van der Waals surface area contributed by atoms with Gasteiger partial charge in [-0.2, -0.15) is 0 Å². The molecule has 6 heteroatoms. The van der Waals surface area contributed by atoms with Crippen LogP contribution in [-0.4, -0.2) is 19.7 Å². The van der Waals surface area contributed by atoms with Gasteiger partial charge < -0.3 is 10.3 Å². The van der Waals surface area contributed by atoms with Crippen LogP contribution in [0.5, 0.6) is 0 Å². The lowest BCUT2D eigenvalue weighted by molar-refractivity contribution is 0.671. The van der Waals surface area contributed by atoms with E-state index in [-0.39, 0.29) is 0 Å². The van der Waals surface area contributed by atoms with Crippen LogP contribution in [-0.2, 0) is 6.42 Å². The molecule has 16 heavy (non-hydrogen) atoms. The maximum absolute atomic E-state index is 5.61. The Bertz CT molecular complexity index is 511. The zero-order chi connectivity index (χ0) is 11.1. The molecular formula is C10H13N5S. The van der Waals surface area contributed by atoms with E-state index in [0.717, 1.165) is 23.8 Å². The van der Waals surface area contributed by atoms with E-state index in [0.29, 0.717) is 11.2 Å². The van der Waals surface area contributed by atoms with E-state index < -0.39 is 0 Å². The fraction of sp³-hybridized carbons (Fsp3) is 0.500. The lowest BCUT2D eigenvalue weighted by atomic mass is 10.3. The number of rotatable bonds is 3. The van der Waals surface area contributed by atoms with Gasteiger partial charge in [0.25, 0.3) is 0 Å². The third-order valence-corrected chi connectivity index (χ3v) is 3.48. The molecule has 0 unspecified atom stereocenters. The number of aromatic nitrogens is 4. The molecule has 0 radical (unpaired) electrons. The van der Waals surface area contributed by atoms with Crippen molar-refractivity contribution in [2.45, 2.75) is 32.2 Å². The van der Waals surface area contributed by atoms with Gasteiger partial charge in [-0.3, -0.25) is 0 Å². The highest BCUT2D eigenvalue weighted by Crippen LogP contribution is 2.36. The fourth-order valence-electron chi connectivity index (χ4n) is 1.91. The molecule has 2 N–H and O–H groups in total. The summed E-state index contributed by atoms with van der Waals surface area (Å²) in [4.78, 5) is 4.25. The largest absolute Gasteiger partial charge is 0.375 e. The number of nitrogen functional groups attached to an aromatic ring is 1. The van der Waals surface area contributed by atoms with E-state index >= 15 is 0 Å². The number of thiazole rings is 1. The number of nitrogens with zero attached hydrogens (tertiary/aromatic N) is 4. The minimum Gasteiger partial charge on any atom is -0.375 e. The van der Waals surface area contributed by atoms with E-state index in [1.807, 2.05) is 12.3 Å². The molecule has 84 valence electrons. The Balaban J connectivity index is 1.89. The summed E-state index contributed by atoms with van der Waals surface area (Å²) in [7, 11) is 0. The molecule has 0 atom stereocenters. The average molecular weight is 235 g/mol. The minimum absolute atomic E-state index is 0.612. The van der Waals surface area contributed by atoms with Gasteiger partial charge >= 0.3 is 0 Å². The van der Waals surface area contributed by atoms with E-state index in [1.54, 1.807) is 0 Å². The molecule has 0 aliphatic heterocycles. The van der Waals surface area contributed by atoms with Crippen LogP contribution in [0.4, 0.5) is 5.13 Å². The second kappa shape index (κ2) is 3.55. The van der Waals surface area contributed by atoms with Crippen LogP contribution in [0.1, 0.15) is 36.2 Å². The topological polar surface area (TPSA) is 69.6 Å². The highest BCUT2D eigenvalue weighted by Gasteiger charge is 2.28. The molecule has 1 aliphatic carbocycles. The summed E-state index contributed by atoms with van der Waals surface area (Å²) in [6.07, 6.45) is 3.21. The summed E-state index contributed by atoms with van der Waals surface area (Å²) in [5, 5.41) is 11.0. The molecule has 0 amide bonds. The molecule has 2 aromatic heterocycles. The molecule has 1 aliphatic rings. The van der Waals surface area contributed by atoms with E-state index in [9.17, 15) is 0 Å². The van der Waals surface area contributed by atoms with Crippen molar-refractivity contribution in [1.82, 2.24) is 19.7 Å². The van der Waals surface area contributed by atoms with Gasteiger partial charge in [0, 0.05) is 11.4 Å². The van der Waals surface area contributed by atoms with Crippen molar-refractivity contribution >= 4 is 16.5 Å². The molecule has 0 aromatic carbocycles. The van der Waals surface area contributed by atoms with Gasteiger partial charge in [0.1, 0.15) is 11.6 Å². The van der Waals surface area contributed by atoms with Crippen molar-refractivity contribution in [3.05, 3.63) is 22.7 Å². The molecule has 3 rings (SSSR count). The maximum Gasteiger partial charge on any atom is 0.180 e. The van der Waals surface area contributed by atoms with Crippen molar-refractivity contribution in [2.75, 3.05) is 5.73 Å². The van der Waals surface area contributed by atoms with Gasteiger partial charge in [-0.15, -0.1) is 21.5 Å². The summed E-state index contributed by atoms with van der Waals surface area (Å²) in [6.45, 7) is 2.00. The number of anilines is 1. The summed E-state index contributed by atoms with van der Waals surface area (Å²) in [5.41, 5.74) is 6.60. The Morgan fingerprint density at radius 2 is 2.31 bits per heavy atom. The highest BCUT2D eigenvalue weighted by molar-refractivity contribution is 7.13. The first-order valence-electron chi connectivity index (χ1n) is 5.34. The lowest BCUT2D eigenvalue weighted by Crippen LogP contribution is -2.04. The lowest BCUT2D eigenvalue weighted by Gasteiger charge is -2.04. The molecule has 5 nitrogen and oxygen atoms in total. The van der Waals surface area contributed by atoms with Gasteiger partial charge in [0.05, 0.1) is 12.1 Å². The monoisotopic (exact) mass is 235 g/mol. The zero-order valence-corrected chi connectivity index (χ0v) is 9.87. The molecule has 0 saturated heterocycles. The van der Waals surface area contributed by atoms with Crippen molar-refractivity contribution in [3.8, 4) is 0 Å². The maximum atomic E-state index is 5.61. The van der Waals surface area contributed by atoms with Crippen LogP contribution >= 0.6 is 11.3 Å². The Hall–Kier alpha value is -1.43. The smallest absolute Gasteiger partial charge is 0.180 e. The van der Waals surface area contributed by atoms with Gasteiger partial charge in [-0.25, -0.2) is 4.98 Å².